The Hall–Kier alpha value is -2.67. The zero-order valence-corrected chi connectivity index (χ0v) is 30.1. The van der Waals surface area contributed by atoms with Gasteiger partial charge in [-0.05, 0) is 83.6 Å². The number of unbranched alkanes of at least 4 members (excludes halogenated alkanes) is 11. The number of rotatable bonds is 33. The van der Waals surface area contributed by atoms with Gasteiger partial charge in [-0.3, -0.25) is 9.59 Å². The van der Waals surface area contributed by atoms with Gasteiger partial charge in [0.2, 0.25) is 5.91 Å². The SMILES string of the molecule is CC/C=C\C/C=C\C/C=C\C/C=C\CCC(=O)OC(CCCCCCCCCC)CCCCCCCC(=O)NC(CCCN)C(=O)O. The van der Waals surface area contributed by atoms with E-state index in [0.717, 1.165) is 77.0 Å². The van der Waals surface area contributed by atoms with E-state index in [2.05, 4.69) is 67.8 Å². The third kappa shape index (κ3) is 31.7. The van der Waals surface area contributed by atoms with Crippen LogP contribution < -0.4 is 11.1 Å². The van der Waals surface area contributed by atoms with Gasteiger partial charge in [0.1, 0.15) is 12.1 Å². The first kappa shape index (κ1) is 44.3. The van der Waals surface area contributed by atoms with Crippen LogP contribution in [0.15, 0.2) is 48.6 Å². The van der Waals surface area contributed by atoms with Crippen LogP contribution in [-0.4, -0.2) is 41.6 Å². The lowest BCUT2D eigenvalue weighted by atomic mass is 10.0. The number of carbonyl (C=O) groups excluding carboxylic acids is 2. The molecule has 7 nitrogen and oxygen atoms in total. The molecule has 0 saturated heterocycles. The third-order valence-electron chi connectivity index (χ3n) is 8.17. The standard InChI is InChI=1S/C40H70N2O5/c1-3-5-7-9-11-13-14-15-16-17-19-24-28-34-39(44)47-36(30-25-21-18-12-10-8-6-4-2)31-26-22-20-23-27-33-38(43)42-37(40(45)46)32-29-35-41/h5,7,11,13,15-16,19,24,36-37H,3-4,6,8-10,12,14,17-18,20-23,25-35,41H2,1-2H3,(H,42,43)(H,45,46)/b7-5-,13-11-,16-15-,24-19-. The average Bonchev–Trinajstić information content (AvgIpc) is 3.05. The highest BCUT2D eigenvalue weighted by Gasteiger charge is 2.19. The number of allylic oxidation sites excluding steroid dienone is 8. The Kier molecular flexibility index (Phi) is 32.7. The van der Waals surface area contributed by atoms with Crippen molar-refractivity contribution in [3.63, 3.8) is 0 Å². The highest BCUT2D eigenvalue weighted by Crippen LogP contribution is 2.18. The van der Waals surface area contributed by atoms with E-state index in [0.29, 0.717) is 38.6 Å². The number of hydrogen-bond donors (Lipinski definition) is 3. The van der Waals surface area contributed by atoms with Crippen molar-refractivity contribution in [1.82, 2.24) is 5.32 Å². The minimum atomic E-state index is -1.01. The first-order valence-electron chi connectivity index (χ1n) is 19.0. The number of nitrogens with two attached hydrogens (primary N) is 1. The average molecular weight is 659 g/mol. The van der Waals surface area contributed by atoms with E-state index < -0.39 is 12.0 Å². The summed E-state index contributed by atoms with van der Waals surface area (Å²) in [7, 11) is 0. The van der Waals surface area contributed by atoms with Crippen molar-refractivity contribution < 1.29 is 24.2 Å². The molecule has 270 valence electrons. The molecule has 0 heterocycles. The zero-order chi connectivity index (χ0) is 34.6. The van der Waals surface area contributed by atoms with Crippen LogP contribution in [0.1, 0.15) is 168 Å². The molecule has 47 heavy (non-hydrogen) atoms. The van der Waals surface area contributed by atoms with Crippen LogP contribution in [0, 0.1) is 0 Å². The van der Waals surface area contributed by atoms with E-state index in [1.165, 1.54) is 44.9 Å². The van der Waals surface area contributed by atoms with Gasteiger partial charge in [0.15, 0.2) is 0 Å². The maximum Gasteiger partial charge on any atom is 0.326 e. The second-order valence-electron chi connectivity index (χ2n) is 12.6. The smallest absolute Gasteiger partial charge is 0.326 e. The number of esters is 1. The van der Waals surface area contributed by atoms with E-state index in [1.807, 2.05) is 0 Å². The lowest BCUT2D eigenvalue weighted by Crippen LogP contribution is -2.40. The van der Waals surface area contributed by atoms with Crippen molar-refractivity contribution in [2.45, 2.75) is 180 Å². The van der Waals surface area contributed by atoms with Gasteiger partial charge in [-0.2, -0.15) is 0 Å². The maximum absolute atomic E-state index is 12.6. The van der Waals surface area contributed by atoms with Gasteiger partial charge in [-0.1, -0.05) is 127 Å². The number of hydrogen-bond acceptors (Lipinski definition) is 5. The van der Waals surface area contributed by atoms with Gasteiger partial charge in [0.05, 0.1) is 0 Å². The third-order valence-corrected chi connectivity index (χ3v) is 8.17. The van der Waals surface area contributed by atoms with E-state index in [9.17, 15) is 19.5 Å². The first-order valence-corrected chi connectivity index (χ1v) is 19.0. The molecule has 2 unspecified atom stereocenters. The predicted octanol–water partition coefficient (Wildman–Crippen LogP) is 10.1. The molecule has 0 radical (unpaired) electrons. The van der Waals surface area contributed by atoms with Crippen LogP contribution in [-0.2, 0) is 19.1 Å². The van der Waals surface area contributed by atoms with E-state index in [-0.39, 0.29) is 18.0 Å². The molecular weight excluding hydrogens is 588 g/mol. The number of ether oxygens (including phenoxy) is 1. The van der Waals surface area contributed by atoms with Crippen molar-refractivity contribution in [2.24, 2.45) is 5.73 Å². The lowest BCUT2D eigenvalue weighted by Gasteiger charge is -2.18. The molecular formula is C40H70N2O5. The highest BCUT2D eigenvalue weighted by molar-refractivity contribution is 5.83. The molecule has 0 rings (SSSR count). The van der Waals surface area contributed by atoms with Crippen LogP contribution in [0.25, 0.3) is 0 Å². The fraction of sp³-hybridized carbons (Fsp3) is 0.725. The normalized spacial score (nSPS) is 13.3. The van der Waals surface area contributed by atoms with E-state index in [4.69, 9.17) is 10.5 Å². The number of aliphatic carboxylic acids is 1. The summed E-state index contributed by atoms with van der Waals surface area (Å²) in [5, 5.41) is 11.9. The van der Waals surface area contributed by atoms with Gasteiger partial charge < -0.3 is 20.9 Å². The second-order valence-corrected chi connectivity index (χ2v) is 12.6. The van der Waals surface area contributed by atoms with Gasteiger partial charge in [-0.15, -0.1) is 0 Å². The molecule has 0 bridgehead atoms. The summed E-state index contributed by atoms with van der Waals surface area (Å²) in [6.45, 7) is 4.79. The Labute approximate surface area is 287 Å². The monoisotopic (exact) mass is 659 g/mol. The van der Waals surface area contributed by atoms with E-state index >= 15 is 0 Å². The molecule has 0 saturated carbocycles. The fourth-order valence-electron chi connectivity index (χ4n) is 5.35. The Bertz CT molecular complexity index is 880. The molecule has 0 aliphatic rings. The number of carboxylic acids is 1. The molecule has 0 aromatic rings. The highest BCUT2D eigenvalue weighted by atomic mass is 16.5. The number of carboxylic acid groups (broad SMARTS) is 1. The maximum atomic E-state index is 12.6. The molecule has 0 aromatic heterocycles. The van der Waals surface area contributed by atoms with Crippen LogP contribution in [0.5, 0.6) is 0 Å². The zero-order valence-electron chi connectivity index (χ0n) is 30.1. The van der Waals surface area contributed by atoms with E-state index in [1.54, 1.807) is 0 Å². The summed E-state index contributed by atoms with van der Waals surface area (Å²) in [6, 6.07) is -0.860. The second kappa shape index (κ2) is 34.7. The molecule has 0 aliphatic carbocycles. The number of carbonyl (C=O) groups is 3. The molecule has 7 heteroatoms. The van der Waals surface area contributed by atoms with Gasteiger partial charge in [0.25, 0.3) is 0 Å². The summed E-state index contributed by atoms with van der Waals surface area (Å²) in [4.78, 5) is 36.1. The first-order chi connectivity index (χ1) is 22.9. The molecule has 2 atom stereocenters. The van der Waals surface area contributed by atoms with Crippen LogP contribution >= 0.6 is 0 Å². The molecule has 0 fully saturated rings. The van der Waals surface area contributed by atoms with Crippen molar-refractivity contribution in [3.8, 4) is 0 Å². The molecule has 4 N–H and O–H groups in total. The summed E-state index contributed by atoms with van der Waals surface area (Å²) in [5.74, 6) is -1.32. The quantitative estimate of drug-likeness (QED) is 0.0367. The largest absolute Gasteiger partial charge is 0.480 e. The Morgan fingerprint density at radius 2 is 1.15 bits per heavy atom. The van der Waals surface area contributed by atoms with Gasteiger partial charge in [0, 0.05) is 12.8 Å². The molecule has 0 aromatic carbocycles. The fourth-order valence-corrected chi connectivity index (χ4v) is 5.35. The van der Waals surface area contributed by atoms with Gasteiger partial charge in [-0.25, -0.2) is 4.79 Å². The number of amides is 1. The Morgan fingerprint density at radius 3 is 1.68 bits per heavy atom. The van der Waals surface area contributed by atoms with Crippen molar-refractivity contribution in [3.05, 3.63) is 48.6 Å². The van der Waals surface area contributed by atoms with Crippen molar-refractivity contribution in [2.75, 3.05) is 6.54 Å². The molecule has 0 aliphatic heterocycles. The lowest BCUT2D eigenvalue weighted by molar-refractivity contribution is -0.149. The summed E-state index contributed by atoms with van der Waals surface area (Å²) in [5.41, 5.74) is 5.47. The van der Waals surface area contributed by atoms with Crippen LogP contribution in [0.4, 0.5) is 0 Å². The Balaban J connectivity index is 4.39. The topological polar surface area (TPSA) is 119 Å². The Morgan fingerprint density at radius 1 is 0.638 bits per heavy atom. The van der Waals surface area contributed by atoms with Crippen molar-refractivity contribution >= 4 is 17.8 Å². The minimum absolute atomic E-state index is 0.0210. The number of nitrogens with one attached hydrogen (secondary N) is 1. The summed E-state index contributed by atoms with van der Waals surface area (Å²) in [6.07, 6.45) is 40.1. The van der Waals surface area contributed by atoms with Crippen LogP contribution in [0.3, 0.4) is 0 Å². The summed E-state index contributed by atoms with van der Waals surface area (Å²) < 4.78 is 5.95. The molecule has 0 spiro atoms. The van der Waals surface area contributed by atoms with Crippen LogP contribution in [0.2, 0.25) is 0 Å². The minimum Gasteiger partial charge on any atom is -0.480 e. The van der Waals surface area contributed by atoms with Crippen molar-refractivity contribution in [1.29, 1.82) is 0 Å². The predicted molar refractivity (Wildman–Crippen MR) is 197 cm³/mol. The summed E-state index contributed by atoms with van der Waals surface area (Å²) >= 11 is 0. The molecule has 1 amide bonds. The van der Waals surface area contributed by atoms with Gasteiger partial charge >= 0.3 is 11.9 Å².